The van der Waals surface area contributed by atoms with E-state index in [2.05, 4.69) is 0 Å². The molecule has 2 unspecified atom stereocenters. The summed E-state index contributed by atoms with van der Waals surface area (Å²) >= 11 is 0. The molecule has 37 heavy (non-hydrogen) atoms. The summed E-state index contributed by atoms with van der Waals surface area (Å²) < 4.78 is 53.3. The van der Waals surface area contributed by atoms with E-state index in [0.717, 1.165) is 12.5 Å². The molecule has 0 aliphatic carbocycles. The lowest BCUT2D eigenvalue weighted by Gasteiger charge is -2.33. The summed E-state index contributed by atoms with van der Waals surface area (Å²) in [7, 11) is -6.87. The molecule has 3 aromatic rings. The molecule has 0 amide bonds. The first-order valence-corrected chi connectivity index (χ1v) is 15.5. The maximum absolute atomic E-state index is 12.0. The predicted octanol–water partition coefficient (Wildman–Crippen LogP) is 2.87. The Morgan fingerprint density at radius 3 is 1.65 bits per heavy atom. The van der Waals surface area contributed by atoms with Gasteiger partial charge in [0.15, 0.2) is 25.9 Å². The van der Waals surface area contributed by atoms with Gasteiger partial charge >= 0.3 is 0 Å². The lowest BCUT2D eigenvalue weighted by molar-refractivity contribution is 0.00672. The SMILES string of the molecule is CC(C[C@H](O)C(N)Oc1ccccc1)CC(O)(c1ccc(S(C)(=O)=O)cc1)c1ccc(S(C)(=O)=O)cc1. The van der Waals surface area contributed by atoms with Crippen LogP contribution in [0.25, 0.3) is 0 Å². The van der Waals surface area contributed by atoms with Gasteiger partial charge in [0.05, 0.1) is 9.79 Å². The number of aliphatic hydroxyl groups is 2. The molecule has 4 N–H and O–H groups in total. The average molecular weight is 548 g/mol. The van der Waals surface area contributed by atoms with Crippen LogP contribution in [0.2, 0.25) is 0 Å². The lowest BCUT2D eigenvalue weighted by atomic mass is 9.78. The Morgan fingerprint density at radius 2 is 1.24 bits per heavy atom. The van der Waals surface area contributed by atoms with E-state index >= 15 is 0 Å². The van der Waals surface area contributed by atoms with E-state index in [1.165, 1.54) is 48.5 Å². The number of sulfone groups is 2. The van der Waals surface area contributed by atoms with Crippen molar-refractivity contribution in [2.45, 2.75) is 47.5 Å². The minimum absolute atomic E-state index is 0.110. The minimum atomic E-state index is -3.44. The largest absolute Gasteiger partial charge is 0.473 e. The second-order valence-electron chi connectivity index (χ2n) is 9.46. The molecule has 0 aliphatic heterocycles. The zero-order valence-corrected chi connectivity index (χ0v) is 22.6. The van der Waals surface area contributed by atoms with Gasteiger partial charge in [0, 0.05) is 12.5 Å². The second-order valence-corrected chi connectivity index (χ2v) is 13.5. The van der Waals surface area contributed by atoms with Crippen LogP contribution in [0.5, 0.6) is 5.75 Å². The monoisotopic (exact) mass is 547 g/mol. The van der Waals surface area contributed by atoms with Crippen molar-refractivity contribution >= 4 is 19.7 Å². The third kappa shape index (κ3) is 7.39. The maximum Gasteiger partial charge on any atom is 0.175 e. The van der Waals surface area contributed by atoms with E-state index in [-0.39, 0.29) is 28.6 Å². The van der Waals surface area contributed by atoms with Crippen LogP contribution in [0.1, 0.15) is 30.9 Å². The molecule has 8 nitrogen and oxygen atoms in total. The van der Waals surface area contributed by atoms with Gasteiger partial charge in [-0.3, -0.25) is 5.73 Å². The lowest BCUT2D eigenvalue weighted by Crippen LogP contribution is -2.41. The van der Waals surface area contributed by atoms with Gasteiger partial charge in [-0.1, -0.05) is 49.4 Å². The molecule has 3 aromatic carbocycles. The first-order valence-electron chi connectivity index (χ1n) is 11.7. The van der Waals surface area contributed by atoms with Gasteiger partial charge in [0.25, 0.3) is 0 Å². The standard InChI is InChI=1S/C27H33NO7S2/c1-19(17-25(29)26(28)35-22-7-5-4-6-8-22)18-27(30,20-9-13-23(14-10-20)36(2,31)32)21-11-15-24(16-12-21)37(3,33)34/h4-16,19,25-26,29-30H,17-18,28H2,1-3H3/t19?,25-,26?/m0/s1. The summed E-state index contributed by atoms with van der Waals surface area (Å²) in [6.07, 6.45) is 0.531. The van der Waals surface area contributed by atoms with Crippen LogP contribution in [0.4, 0.5) is 0 Å². The molecular weight excluding hydrogens is 514 g/mol. The van der Waals surface area contributed by atoms with E-state index in [9.17, 15) is 27.0 Å². The van der Waals surface area contributed by atoms with Crippen molar-refractivity contribution in [3.8, 4) is 5.75 Å². The molecule has 0 heterocycles. The zero-order chi connectivity index (χ0) is 27.4. The quantitative estimate of drug-likeness (QED) is 0.311. The minimum Gasteiger partial charge on any atom is -0.473 e. The van der Waals surface area contributed by atoms with Crippen molar-refractivity contribution in [1.29, 1.82) is 0 Å². The van der Waals surface area contributed by atoms with Crippen molar-refractivity contribution in [2.75, 3.05) is 12.5 Å². The van der Waals surface area contributed by atoms with Gasteiger partial charge in [0.2, 0.25) is 0 Å². The van der Waals surface area contributed by atoms with Crippen LogP contribution in [0.3, 0.4) is 0 Å². The average Bonchev–Trinajstić information content (AvgIpc) is 2.83. The molecule has 0 radical (unpaired) electrons. The van der Waals surface area contributed by atoms with Gasteiger partial charge in [-0.25, -0.2) is 16.8 Å². The van der Waals surface area contributed by atoms with Crippen LogP contribution in [-0.2, 0) is 25.3 Å². The summed E-state index contributed by atoms with van der Waals surface area (Å²) in [4.78, 5) is 0.219. The highest BCUT2D eigenvalue weighted by molar-refractivity contribution is 7.91. The fourth-order valence-corrected chi connectivity index (χ4v) is 5.49. The molecular formula is C27H33NO7S2. The van der Waals surface area contributed by atoms with Crippen LogP contribution in [-0.4, -0.2) is 51.9 Å². The van der Waals surface area contributed by atoms with E-state index < -0.39 is 37.6 Å². The molecule has 3 atom stereocenters. The Balaban J connectivity index is 1.88. The van der Waals surface area contributed by atoms with E-state index in [1.54, 1.807) is 24.3 Å². The number of nitrogens with two attached hydrogens (primary N) is 1. The number of aliphatic hydroxyl groups excluding tert-OH is 1. The maximum atomic E-state index is 12.0. The topological polar surface area (TPSA) is 144 Å². The van der Waals surface area contributed by atoms with Gasteiger partial charge in [-0.05, 0) is 66.3 Å². The first-order chi connectivity index (χ1) is 17.2. The zero-order valence-electron chi connectivity index (χ0n) is 21.0. The van der Waals surface area contributed by atoms with Gasteiger partial charge in [0.1, 0.15) is 17.5 Å². The Bertz CT molecular complexity index is 1310. The van der Waals surface area contributed by atoms with Crippen molar-refractivity contribution in [3.63, 3.8) is 0 Å². The van der Waals surface area contributed by atoms with E-state index in [0.29, 0.717) is 16.9 Å². The third-order valence-corrected chi connectivity index (χ3v) is 8.46. The highest BCUT2D eigenvalue weighted by Gasteiger charge is 2.35. The van der Waals surface area contributed by atoms with Crippen molar-refractivity contribution < 1.29 is 31.8 Å². The van der Waals surface area contributed by atoms with Crippen LogP contribution >= 0.6 is 0 Å². The van der Waals surface area contributed by atoms with Gasteiger partial charge in [-0.15, -0.1) is 0 Å². The normalized spacial score (nSPS) is 15.1. The van der Waals surface area contributed by atoms with Crippen LogP contribution < -0.4 is 10.5 Å². The third-order valence-electron chi connectivity index (χ3n) is 6.20. The van der Waals surface area contributed by atoms with E-state index in [1.807, 2.05) is 13.0 Å². The smallest absolute Gasteiger partial charge is 0.175 e. The predicted molar refractivity (Wildman–Crippen MR) is 142 cm³/mol. The number of ether oxygens (including phenoxy) is 1. The summed E-state index contributed by atoms with van der Waals surface area (Å²) in [5.74, 6) is 0.254. The molecule has 0 saturated carbocycles. The molecule has 200 valence electrons. The Kier molecular flexibility index (Phi) is 8.81. The van der Waals surface area contributed by atoms with Gasteiger partial charge in [-0.2, -0.15) is 0 Å². The summed E-state index contributed by atoms with van der Waals surface area (Å²) in [6, 6.07) is 20.7. The van der Waals surface area contributed by atoms with Crippen molar-refractivity contribution in [3.05, 3.63) is 90.0 Å². The van der Waals surface area contributed by atoms with Crippen molar-refractivity contribution in [2.24, 2.45) is 11.7 Å². The molecule has 10 heteroatoms. The second kappa shape index (κ2) is 11.3. The van der Waals surface area contributed by atoms with Crippen molar-refractivity contribution in [1.82, 2.24) is 0 Å². The molecule has 0 aliphatic rings. The molecule has 0 fully saturated rings. The Morgan fingerprint density at radius 1 is 0.811 bits per heavy atom. The Hall–Kier alpha value is -2.76. The highest BCUT2D eigenvalue weighted by Crippen LogP contribution is 2.38. The first kappa shape index (κ1) is 28.8. The number of hydrogen-bond acceptors (Lipinski definition) is 8. The van der Waals surface area contributed by atoms with Crippen LogP contribution in [0, 0.1) is 5.92 Å². The number of rotatable bonds is 11. The number of benzene rings is 3. The fourth-order valence-electron chi connectivity index (χ4n) is 4.23. The number of hydrogen-bond donors (Lipinski definition) is 3. The molecule has 0 spiro atoms. The van der Waals surface area contributed by atoms with Crippen LogP contribution in [0.15, 0.2) is 88.7 Å². The summed E-state index contributed by atoms with van der Waals surface area (Å²) in [5.41, 5.74) is 5.31. The highest BCUT2D eigenvalue weighted by atomic mass is 32.2. The molecule has 0 saturated heterocycles. The summed E-state index contributed by atoms with van der Waals surface area (Å²) in [6.45, 7) is 1.85. The molecule has 3 rings (SSSR count). The fraction of sp³-hybridized carbons (Fsp3) is 0.333. The van der Waals surface area contributed by atoms with E-state index in [4.69, 9.17) is 10.5 Å². The summed E-state index contributed by atoms with van der Waals surface area (Å²) in [5, 5.41) is 22.6. The number of para-hydroxylation sites is 1. The molecule has 0 aromatic heterocycles. The Labute approximate surface area is 218 Å². The van der Waals surface area contributed by atoms with Gasteiger partial charge < -0.3 is 14.9 Å². The molecule has 0 bridgehead atoms.